The number of nitriles is 1. The highest BCUT2D eigenvalue weighted by Gasteiger charge is 2.29. The summed E-state index contributed by atoms with van der Waals surface area (Å²) in [5.74, 6) is -1.06. The van der Waals surface area contributed by atoms with Crippen LogP contribution >= 0.6 is 0 Å². The minimum Gasteiger partial charge on any atom is -0.356 e. The Morgan fingerprint density at radius 3 is 2.74 bits per heavy atom. The number of amides is 3. The van der Waals surface area contributed by atoms with Crippen LogP contribution < -0.4 is 16.0 Å². The van der Waals surface area contributed by atoms with E-state index in [2.05, 4.69) is 32.0 Å². The van der Waals surface area contributed by atoms with E-state index in [1.807, 2.05) is 32.0 Å². The number of para-hydroxylation sites is 2. The first-order valence-electron chi connectivity index (χ1n) is 10.6. The molecule has 9 heteroatoms. The van der Waals surface area contributed by atoms with E-state index in [0.29, 0.717) is 24.9 Å². The monoisotopic (exact) mass is 424 g/mol. The van der Waals surface area contributed by atoms with Gasteiger partial charge in [0.15, 0.2) is 5.82 Å². The van der Waals surface area contributed by atoms with Crippen molar-refractivity contribution >= 4 is 28.8 Å². The van der Waals surface area contributed by atoms with E-state index >= 15 is 0 Å². The first kappa shape index (κ1) is 22.3. The summed E-state index contributed by atoms with van der Waals surface area (Å²) in [5.41, 5.74) is 1.39. The van der Waals surface area contributed by atoms with Crippen molar-refractivity contribution in [2.45, 2.75) is 51.6 Å². The average molecular weight is 425 g/mol. The third kappa shape index (κ3) is 5.81. The number of nitrogens with one attached hydrogen (secondary N) is 4. The molecule has 0 spiro atoms. The second-order valence-corrected chi connectivity index (χ2v) is 8.31. The van der Waals surface area contributed by atoms with Gasteiger partial charge in [0.05, 0.1) is 17.1 Å². The van der Waals surface area contributed by atoms with Crippen LogP contribution in [0.5, 0.6) is 0 Å². The number of piperidine rings is 1. The van der Waals surface area contributed by atoms with Gasteiger partial charge in [-0.3, -0.25) is 14.4 Å². The molecular formula is C22H28N6O3. The van der Waals surface area contributed by atoms with Crippen LogP contribution in [0.15, 0.2) is 24.3 Å². The lowest BCUT2D eigenvalue weighted by Crippen LogP contribution is -2.51. The normalized spacial score (nSPS) is 18.1. The number of aromatic nitrogens is 2. The van der Waals surface area contributed by atoms with Crippen molar-refractivity contribution in [2.24, 2.45) is 11.8 Å². The summed E-state index contributed by atoms with van der Waals surface area (Å²) in [4.78, 5) is 44.8. The number of H-pyrrole nitrogens is 1. The maximum Gasteiger partial charge on any atom is 0.287 e. The van der Waals surface area contributed by atoms with Crippen LogP contribution in [0.1, 0.15) is 50.1 Å². The van der Waals surface area contributed by atoms with Crippen LogP contribution in [-0.2, 0) is 9.59 Å². The second kappa shape index (κ2) is 10.1. The van der Waals surface area contributed by atoms with Crippen LogP contribution in [0.25, 0.3) is 11.0 Å². The molecule has 164 valence electrons. The van der Waals surface area contributed by atoms with Crippen molar-refractivity contribution in [1.82, 2.24) is 25.9 Å². The predicted octanol–water partition coefficient (Wildman–Crippen LogP) is 1.63. The molecule has 4 N–H and O–H groups in total. The zero-order valence-electron chi connectivity index (χ0n) is 17.8. The molecule has 2 heterocycles. The van der Waals surface area contributed by atoms with Gasteiger partial charge in [-0.25, -0.2) is 4.98 Å². The molecule has 1 aliphatic rings. The summed E-state index contributed by atoms with van der Waals surface area (Å²) >= 11 is 0. The molecule has 1 aliphatic heterocycles. The average Bonchev–Trinajstić information content (AvgIpc) is 3.18. The third-order valence-corrected chi connectivity index (χ3v) is 5.33. The zero-order valence-corrected chi connectivity index (χ0v) is 17.8. The smallest absolute Gasteiger partial charge is 0.287 e. The molecular weight excluding hydrogens is 396 g/mol. The fourth-order valence-electron chi connectivity index (χ4n) is 3.75. The van der Waals surface area contributed by atoms with Crippen molar-refractivity contribution in [3.05, 3.63) is 30.1 Å². The second-order valence-electron chi connectivity index (χ2n) is 8.31. The summed E-state index contributed by atoms with van der Waals surface area (Å²) in [7, 11) is 0. The summed E-state index contributed by atoms with van der Waals surface area (Å²) in [6.07, 6.45) is 2.20. The number of carbonyl (C=O) groups excluding carboxylic acids is 3. The lowest BCUT2D eigenvalue weighted by Gasteiger charge is -2.25. The van der Waals surface area contributed by atoms with E-state index in [4.69, 9.17) is 0 Å². The molecule has 0 aliphatic carbocycles. The SMILES string of the molecule is CC(C)C[C@H](NC(=O)c1nc2ccccc2[nH]1)C(=O)N[C@H](C#N)C[C@@H]1CCCNC1=O. The van der Waals surface area contributed by atoms with Gasteiger partial charge in [-0.15, -0.1) is 0 Å². The van der Waals surface area contributed by atoms with Crippen LogP contribution in [0.4, 0.5) is 0 Å². The topological polar surface area (TPSA) is 140 Å². The number of fused-ring (bicyclic) bond motifs is 1. The van der Waals surface area contributed by atoms with Crippen molar-refractivity contribution in [3.8, 4) is 6.07 Å². The van der Waals surface area contributed by atoms with Crippen LogP contribution in [0, 0.1) is 23.2 Å². The van der Waals surface area contributed by atoms with Crippen molar-refractivity contribution in [3.63, 3.8) is 0 Å². The number of benzene rings is 1. The van der Waals surface area contributed by atoms with E-state index in [0.717, 1.165) is 11.9 Å². The van der Waals surface area contributed by atoms with Gasteiger partial charge < -0.3 is 20.9 Å². The number of nitrogens with zero attached hydrogens (tertiary/aromatic N) is 2. The molecule has 3 rings (SSSR count). The van der Waals surface area contributed by atoms with Gasteiger partial charge in [-0.2, -0.15) is 5.26 Å². The molecule has 0 radical (unpaired) electrons. The van der Waals surface area contributed by atoms with Crippen molar-refractivity contribution in [2.75, 3.05) is 6.54 Å². The standard InChI is InChI=1S/C22H28N6O3/c1-13(2)10-18(28-22(31)19-26-16-7-3-4-8-17(16)27-19)21(30)25-15(12-23)11-14-6-5-9-24-20(14)29/h3-4,7-8,13-15,18H,5-6,9-11H2,1-2H3,(H,24,29)(H,25,30)(H,26,27)(H,28,31)/t14-,15-,18-/m0/s1. The molecule has 3 atom stereocenters. The predicted molar refractivity (Wildman–Crippen MR) is 115 cm³/mol. The molecule has 0 saturated carbocycles. The Morgan fingerprint density at radius 1 is 1.29 bits per heavy atom. The quantitative estimate of drug-likeness (QED) is 0.510. The Hall–Kier alpha value is -3.41. The van der Waals surface area contributed by atoms with Gasteiger partial charge in [0, 0.05) is 12.5 Å². The van der Waals surface area contributed by atoms with Gasteiger partial charge in [0.2, 0.25) is 11.8 Å². The summed E-state index contributed by atoms with van der Waals surface area (Å²) in [6.45, 7) is 4.53. The maximum absolute atomic E-state index is 12.9. The zero-order chi connectivity index (χ0) is 22.4. The number of carbonyl (C=O) groups is 3. The Bertz CT molecular complexity index is 960. The van der Waals surface area contributed by atoms with E-state index < -0.39 is 23.9 Å². The fourth-order valence-corrected chi connectivity index (χ4v) is 3.75. The van der Waals surface area contributed by atoms with E-state index in [1.54, 1.807) is 6.07 Å². The van der Waals surface area contributed by atoms with E-state index in [-0.39, 0.29) is 30.0 Å². The maximum atomic E-state index is 12.9. The number of hydrogen-bond donors (Lipinski definition) is 4. The van der Waals surface area contributed by atoms with Crippen molar-refractivity contribution in [1.29, 1.82) is 5.26 Å². The summed E-state index contributed by atoms with van der Waals surface area (Å²) < 4.78 is 0. The van der Waals surface area contributed by atoms with E-state index in [9.17, 15) is 19.6 Å². The Kier molecular flexibility index (Phi) is 7.23. The molecule has 1 saturated heterocycles. The number of hydrogen-bond acceptors (Lipinski definition) is 5. The minimum atomic E-state index is -0.822. The molecule has 0 bridgehead atoms. The summed E-state index contributed by atoms with van der Waals surface area (Å²) in [6, 6.07) is 7.71. The largest absolute Gasteiger partial charge is 0.356 e. The Labute approximate surface area is 181 Å². The molecule has 3 amide bonds. The molecule has 1 fully saturated rings. The van der Waals surface area contributed by atoms with Gasteiger partial charge in [0.1, 0.15) is 12.1 Å². The van der Waals surface area contributed by atoms with Crippen molar-refractivity contribution < 1.29 is 14.4 Å². The lowest BCUT2D eigenvalue weighted by atomic mass is 9.91. The van der Waals surface area contributed by atoms with Gasteiger partial charge in [-0.05, 0) is 43.7 Å². The number of imidazole rings is 1. The van der Waals surface area contributed by atoms with E-state index in [1.165, 1.54) is 0 Å². The minimum absolute atomic E-state index is 0.0855. The first-order valence-corrected chi connectivity index (χ1v) is 10.6. The lowest BCUT2D eigenvalue weighted by molar-refractivity contribution is -0.128. The highest BCUT2D eigenvalue weighted by atomic mass is 16.2. The van der Waals surface area contributed by atoms with Crippen LogP contribution in [0.3, 0.4) is 0 Å². The van der Waals surface area contributed by atoms with Gasteiger partial charge in [-0.1, -0.05) is 26.0 Å². The molecule has 0 unspecified atom stereocenters. The molecule has 2 aromatic rings. The van der Waals surface area contributed by atoms with Gasteiger partial charge >= 0.3 is 0 Å². The first-order chi connectivity index (χ1) is 14.9. The highest BCUT2D eigenvalue weighted by molar-refractivity contribution is 5.97. The molecule has 1 aromatic heterocycles. The third-order valence-electron chi connectivity index (χ3n) is 5.33. The molecule has 31 heavy (non-hydrogen) atoms. The summed E-state index contributed by atoms with van der Waals surface area (Å²) in [5, 5.41) is 17.7. The highest BCUT2D eigenvalue weighted by Crippen LogP contribution is 2.18. The Balaban J connectivity index is 1.66. The number of aromatic amines is 1. The molecule has 1 aromatic carbocycles. The van der Waals surface area contributed by atoms with Crippen LogP contribution in [-0.4, -0.2) is 46.3 Å². The Morgan fingerprint density at radius 2 is 2.06 bits per heavy atom. The number of rotatable bonds is 8. The van der Waals surface area contributed by atoms with Crippen LogP contribution in [0.2, 0.25) is 0 Å². The van der Waals surface area contributed by atoms with Gasteiger partial charge in [0.25, 0.3) is 5.91 Å². The molecule has 9 nitrogen and oxygen atoms in total. The fraction of sp³-hybridized carbons (Fsp3) is 0.500.